The fourth-order valence-corrected chi connectivity index (χ4v) is 2.44. The van der Waals surface area contributed by atoms with Gasteiger partial charge in [-0.25, -0.2) is 19.5 Å². The molecule has 1 saturated carbocycles. The summed E-state index contributed by atoms with van der Waals surface area (Å²) in [5.74, 6) is 4.71. The molecule has 1 aliphatic heterocycles. The van der Waals surface area contributed by atoms with E-state index < -0.39 is 0 Å². The third-order valence-corrected chi connectivity index (χ3v) is 3.86. The Kier molecular flexibility index (Phi) is 3.20. The van der Waals surface area contributed by atoms with Crippen molar-refractivity contribution in [1.29, 1.82) is 0 Å². The van der Waals surface area contributed by atoms with Crippen molar-refractivity contribution in [1.82, 2.24) is 19.5 Å². The number of hydrogen-bond donors (Lipinski definition) is 1. The van der Waals surface area contributed by atoms with Crippen LogP contribution in [0.2, 0.25) is 0 Å². The number of aromatic nitrogens is 4. The van der Waals surface area contributed by atoms with Crippen molar-refractivity contribution in [2.24, 2.45) is 5.92 Å². The first kappa shape index (κ1) is 12.6. The molecule has 6 nitrogen and oxygen atoms in total. The molecule has 2 fully saturated rings. The van der Waals surface area contributed by atoms with Crippen molar-refractivity contribution >= 4 is 17.0 Å². The maximum Gasteiger partial charge on any atom is 0.177 e. The molecule has 2 aromatic heterocycles. The normalized spacial score (nSPS) is 21.2. The molecule has 21 heavy (non-hydrogen) atoms. The number of nitrogens with zero attached hydrogens (tertiary/aromatic N) is 4. The Hall–Kier alpha value is -2.13. The van der Waals surface area contributed by atoms with E-state index in [1.807, 2.05) is 0 Å². The van der Waals surface area contributed by atoms with Crippen molar-refractivity contribution < 1.29 is 4.74 Å². The van der Waals surface area contributed by atoms with Crippen LogP contribution in [0.5, 0.6) is 0 Å². The molecule has 1 atom stereocenters. The van der Waals surface area contributed by atoms with Gasteiger partial charge in [0.2, 0.25) is 0 Å². The summed E-state index contributed by atoms with van der Waals surface area (Å²) in [5.41, 5.74) is 1.52. The van der Waals surface area contributed by atoms with Gasteiger partial charge in [0.25, 0.3) is 0 Å². The Morgan fingerprint density at radius 2 is 2.24 bits per heavy atom. The van der Waals surface area contributed by atoms with Crippen molar-refractivity contribution in [2.75, 3.05) is 18.5 Å². The van der Waals surface area contributed by atoms with Crippen LogP contribution in [0.15, 0.2) is 12.7 Å². The summed E-state index contributed by atoms with van der Waals surface area (Å²) in [5, 5.41) is 3.36. The van der Waals surface area contributed by atoms with E-state index in [-0.39, 0.29) is 6.10 Å². The Labute approximate surface area is 122 Å². The van der Waals surface area contributed by atoms with Crippen LogP contribution in [-0.2, 0) is 4.74 Å². The van der Waals surface area contributed by atoms with Gasteiger partial charge in [-0.3, -0.25) is 0 Å². The van der Waals surface area contributed by atoms with Crippen LogP contribution in [-0.4, -0.2) is 38.8 Å². The first-order valence-electron chi connectivity index (χ1n) is 7.45. The van der Waals surface area contributed by atoms with Gasteiger partial charge in [-0.15, -0.1) is 0 Å². The van der Waals surface area contributed by atoms with Gasteiger partial charge in [0.15, 0.2) is 17.0 Å². The van der Waals surface area contributed by atoms with E-state index in [0.29, 0.717) is 0 Å². The second-order valence-electron chi connectivity index (χ2n) is 5.59. The van der Waals surface area contributed by atoms with Crippen LogP contribution in [0.25, 0.3) is 11.2 Å². The maximum absolute atomic E-state index is 5.51. The average molecular weight is 283 g/mol. The highest BCUT2D eigenvalue weighted by molar-refractivity contribution is 5.83. The molecule has 108 valence electrons. The number of fused-ring (bicyclic) bond motifs is 1. The van der Waals surface area contributed by atoms with E-state index in [1.54, 1.807) is 17.2 Å². The molecule has 0 radical (unpaired) electrons. The van der Waals surface area contributed by atoms with Crippen LogP contribution in [0, 0.1) is 17.9 Å². The molecule has 0 spiro atoms. The minimum Gasteiger partial charge on any atom is -0.368 e. The van der Waals surface area contributed by atoms with Crippen molar-refractivity contribution in [2.45, 2.75) is 31.8 Å². The van der Waals surface area contributed by atoms with E-state index in [2.05, 4.69) is 32.2 Å². The first-order valence-corrected chi connectivity index (χ1v) is 7.45. The van der Waals surface area contributed by atoms with Crippen LogP contribution in [0.4, 0.5) is 5.82 Å². The summed E-state index contributed by atoms with van der Waals surface area (Å²) in [6.45, 7) is 1.77. The monoisotopic (exact) mass is 283 g/mol. The Balaban J connectivity index is 1.59. The Morgan fingerprint density at radius 3 is 3.05 bits per heavy atom. The van der Waals surface area contributed by atoms with Crippen LogP contribution >= 0.6 is 0 Å². The summed E-state index contributed by atoms with van der Waals surface area (Å²) in [4.78, 5) is 13.0. The second-order valence-corrected chi connectivity index (χ2v) is 5.59. The second kappa shape index (κ2) is 5.34. The van der Waals surface area contributed by atoms with Gasteiger partial charge in [0.1, 0.15) is 18.8 Å². The van der Waals surface area contributed by atoms with Crippen molar-refractivity contribution in [3.63, 3.8) is 0 Å². The molecule has 6 heteroatoms. The molecule has 4 rings (SSSR count). The van der Waals surface area contributed by atoms with E-state index >= 15 is 0 Å². The van der Waals surface area contributed by atoms with E-state index in [4.69, 9.17) is 4.74 Å². The number of hydrogen-bond acceptors (Lipinski definition) is 5. The van der Waals surface area contributed by atoms with E-state index in [9.17, 15) is 0 Å². The van der Waals surface area contributed by atoms with Crippen LogP contribution in [0.3, 0.4) is 0 Å². The van der Waals surface area contributed by atoms with Gasteiger partial charge in [-0.05, 0) is 37.5 Å². The van der Waals surface area contributed by atoms with Crippen LogP contribution in [0.1, 0.15) is 25.7 Å². The molecule has 1 unspecified atom stereocenters. The molecule has 0 bridgehead atoms. The summed E-state index contributed by atoms with van der Waals surface area (Å²) in [6, 6.07) is 3.08. The summed E-state index contributed by atoms with van der Waals surface area (Å²) in [6.07, 6.45) is 8.00. The number of anilines is 1. The predicted molar refractivity (Wildman–Crippen MR) is 78.7 cm³/mol. The minimum absolute atomic E-state index is 0.0387. The summed E-state index contributed by atoms with van der Waals surface area (Å²) in [7, 11) is 0. The number of rotatable bonds is 3. The fourth-order valence-electron chi connectivity index (χ4n) is 2.44. The topological polar surface area (TPSA) is 64.9 Å². The lowest BCUT2D eigenvalue weighted by molar-refractivity contribution is 0.152. The zero-order valence-corrected chi connectivity index (χ0v) is 11.7. The quantitative estimate of drug-likeness (QED) is 0.867. The molecule has 2 aliphatic rings. The zero-order chi connectivity index (χ0) is 14.1. The summed E-state index contributed by atoms with van der Waals surface area (Å²) >= 11 is 0. The molecule has 1 saturated heterocycles. The van der Waals surface area contributed by atoms with Gasteiger partial charge in [0, 0.05) is 19.2 Å². The number of imidazole rings is 1. The predicted octanol–water partition coefficient (Wildman–Crippen LogP) is 1.64. The Morgan fingerprint density at radius 1 is 1.29 bits per heavy atom. The highest BCUT2D eigenvalue weighted by atomic mass is 16.5. The highest BCUT2D eigenvalue weighted by Gasteiger charge is 2.21. The van der Waals surface area contributed by atoms with Gasteiger partial charge in [0.05, 0.1) is 0 Å². The fraction of sp³-hybridized carbons (Fsp3) is 0.533. The molecule has 3 heterocycles. The number of ether oxygens (including phenoxy) is 1. The third-order valence-electron chi connectivity index (χ3n) is 3.86. The van der Waals surface area contributed by atoms with Gasteiger partial charge in [-0.1, -0.05) is 0 Å². The molecular formula is C15H17N5O. The standard InChI is InChI=1S/C15H17N5O/c1-2-12(21-7-1)5-6-20-10-19-13-14(16-8-11-3-4-11)17-9-18-15(13)20/h9-12H,1-4,7-8H2,(H,16,17,18). The molecule has 0 amide bonds. The number of nitrogens with one attached hydrogen (secondary N) is 1. The lowest BCUT2D eigenvalue weighted by Gasteiger charge is -2.04. The average Bonchev–Trinajstić information content (AvgIpc) is 3.01. The van der Waals surface area contributed by atoms with Gasteiger partial charge >= 0.3 is 0 Å². The van der Waals surface area contributed by atoms with Gasteiger partial charge < -0.3 is 10.1 Å². The molecular weight excluding hydrogens is 266 g/mol. The zero-order valence-electron chi connectivity index (χ0n) is 11.7. The maximum atomic E-state index is 5.51. The van der Waals surface area contributed by atoms with E-state index in [1.165, 1.54) is 12.8 Å². The smallest absolute Gasteiger partial charge is 0.177 e. The first-order chi connectivity index (χ1) is 10.4. The van der Waals surface area contributed by atoms with Crippen molar-refractivity contribution in [3.05, 3.63) is 12.7 Å². The lowest BCUT2D eigenvalue weighted by atomic mass is 10.2. The summed E-state index contributed by atoms with van der Waals surface area (Å²) < 4.78 is 7.26. The van der Waals surface area contributed by atoms with Crippen molar-refractivity contribution in [3.8, 4) is 12.0 Å². The molecule has 2 aromatic rings. The third kappa shape index (κ3) is 2.69. The SMILES string of the molecule is C(#Cn1cnc2c(NCC3CC3)ncnc21)C1CCCO1. The van der Waals surface area contributed by atoms with Crippen LogP contribution < -0.4 is 5.32 Å². The molecule has 1 aliphatic carbocycles. The highest BCUT2D eigenvalue weighted by Crippen LogP contribution is 2.29. The minimum atomic E-state index is 0.0387. The Bertz CT molecular complexity index is 704. The largest absolute Gasteiger partial charge is 0.368 e. The molecule has 1 N–H and O–H groups in total. The van der Waals surface area contributed by atoms with Gasteiger partial charge in [-0.2, -0.15) is 0 Å². The van der Waals surface area contributed by atoms with E-state index in [0.717, 1.165) is 48.9 Å². The molecule has 0 aromatic carbocycles. The lowest BCUT2D eigenvalue weighted by Crippen LogP contribution is -2.06.